The van der Waals surface area contributed by atoms with Crippen molar-refractivity contribution in [3.05, 3.63) is 56.0 Å². The fourth-order valence-corrected chi connectivity index (χ4v) is 2.88. The second kappa shape index (κ2) is 5.42. The molecule has 106 valence electrons. The minimum absolute atomic E-state index is 0.0392. The Balaban J connectivity index is 1.98. The fraction of sp³-hybridized carbons (Fsp3) is 0.0714. The number of hydrogen-bond acceptors (Lipinski definition) is 5. The van der Waals surface area contributed by atoms with Gasteiger partial charge in [-0.05, 0) is 30.5 Å². The molecule has 5 nitrogen and oxygen atoms in total. The van der Waals surface area contributed by atoms with Crippen LogP contribution in [0.25, 0.3) is 10.8 Å². The first kappa shape index (κ1) is 14.0. The SMILES string of the molecule is Cc1csc(NC(=O)c2cc3ccc(Br)cc3c(=O)o2)n1. The third kappa shape index (κ3) is 2.88. The molecule has 7 heteroatoms. The van der Waals surface area contributed by atoms with Gasteiger partial charge in [-0.15, -0.1) is 11.3 Å². The van der Waals surface area contributed by atoms with E-state index in [1.54, 1.807) is 24.3 Å². The average molecular weight is 365 g/mol. The molecule has 0 aliphatic rings. The molecular formula is C14H9BrN2O3S. The Labute approximate surface area is 131 Å². The summed E-state index contributed by atoms with van der Waals surface area (Å²) in [5.74, 6) is -0.533. The van der Waals surface area contributed by atoms with Crippen molar-refractivity contribution in [2.45, 2.75) is 6.92 Å². The lowest BCUT2D eigenvalue weighted by Gasteiger charge is -2.02. The first-order chi connectivity index (χ1) is 10.0. The molecule has 0 radical (unpaired) electrons. The van der Waals surface area contributed by atoms with E-state index in [0.717, 1.165) is 10.2 Å². The largest absolute Gasteiger partial charge is 0.417 e. The Morgan fingerprint density at radius 2 is 2.19 bits per heavy atom. The van der Waals surface area contributed by atoms with Crippen molar-refractivity contribution in [2.75, 3.05) is 5.32 Å². The van der Waals surface area contributed by atoms with Gasteiger partial charge >= 0.3 is 5.63 Å². The van der Waals surface area contributed by atoms with Crippen molar-refractivity contribution in [1.29, 1.82) is 0 Å². The molecule has 0 aliphatic carbocycles. The smallest absolute Gasteiger partial charge is 0.344 e. The standard InChI is InChI=1S/C14H9BrN2O3S/c1-7-6-21-14(16-7)17-12(18)11-4-8-2-3-9(15)5-10(8)13(19)20-11/h2-6H,1H3,(H,16,17,18). The molecule has 0 saturated carbocycles. The number of carbonyl (C=O) groups excluding carboxylic acids is 1. The van der Waals surface area contributed by atoms with Crippen molar-refractivity contribution in [3.63, 3.8) is 0 Å². The lowest BCUT2D eigenvalue weighted by atomic mass is 10.1. The number of rotatable bonds is 2. The zero-order valence-electron chi connectivity index (χ0n) is 10.8. The van der Waals surface area contributed by atoms with E-state index in [1.165, 1.54) is 11.3 Å². The van der Waals surface area contributed by atoms with Crippen LogP contribution in [0.2, 0.25) is 0 Å². The van der Waals surface area contributed by atoms with Gasteiger partial charge in [0.1, 0.15) is 0 Å². The fourth-order valence-electron chi connectivity index (χ4n) is 1.84. The minimum atomic E-state index is -0.547. The number of thiazole rings is 1. The number of carbonyl (C=O) groups is 1. The van der Waals surface area contributed by atoms with Crippen LogP contribution in [0.4, 0.5) is 5.13 Å². The summed E-state index contributed by atoms with van der Waals surface area (Å²) in [6.07, 6.45) is 0. The number of halogens is 1. The summed E-state index contributed by atoms with van der Waals surface area (Å²) in [6, 6.07) is 6.75. The summed E-state index contributed by atoms with van der Waals surface area (Å²) in [5, 5.41) is 5.97. The molecule has 0 fully saturated rings. The molecule has 21 heavy (non-hydrogen) atoms. The number of nitrogens with one attached hydrogen (secondary N) is 1. The van der Waals surface area contributed by atoms with Gasteiger partial charge in [0.2, 0.25) is 0 Å². The molecule has 0 saturated heterocycles. The zero-order valence-corrected chi connectivity index (χ0v) is 13.2. The van der Waals surface area contributed by atoms with Gasteiger partial charge in [0.05, 0.1) is 11.1 Å². The maximum Gasteiger partial charge on any atom is 0.344 e. The van der Waals surface area contributed by atoms with Gasteiger partial charge in [0.15, 0.2) is 10.9 Å². The van der Waals surface area contributed by atoms with Crippen LogP contribution in [0.1, 0.15) is 16.2 Å². The van der Waals surface area contributed by atoms with Crippen LogP contribution < -0.4 is 10.9 Å². The monoisotopic (exact) mass is 364 g/mol. The number of fused-ring (bicyclic) bond motifs is 1. The maximum atomic E-state index is 12.1. The van der Waals surface area contributed by atoms with E-state index < -0.39 is 11.5 Å². The van der Waals surface area contributed by atoms with E-state index in [-0.39, 0.29) is 5.76 Å². The molecule has 2 heterocycles. The molecule has 0 aliphatic heterocycles. The van der Waals surface area contributed by atoms with Gasteiger partial charge in [0, 0.05) is 9.85 Å². The van der Waals surface area contributed by atoms with Crippen LogP contribution in [0, 0.1) is 6.92 Å². The van der Waals surface area contributed by atoms with E-state index >= 15 is 0 Å². The highest BCUT2D eigenvalue weighted by molar-refractivity contribution is 9.10. The molecule has 1 aromatic carbocycles. The van der Waals surface area contributed by atoms with Crippen molar-refractivity contribution in [3.8, 4) is 0 Å². The van der Waals surface area contributed by atoms with E-state index in [9.17, 15) is 9.59 Å². The summed E-state index contributed by atoms with van der Waals surface area (Å²) in [5.41, 5.74) is 0.273. The Kier molecular flexibility index (Phi) is 3.60. The van der Waals surface area contributed by atoms with Gasteiger partial charge in [-0.2, -0.15) is 0 Å². The van der Waals surface area contributed by atoms with Crippen LogP contribution in [0.3, 0.4) is 0 Å². The molecule has 3 aromatic rings. The number of benzene rings is 1. The van der Waals surface area contributed by atoms with Gasteiger partial charge < -0.3 is 4.42 Å². The van der Waals surface area contributed by atoms with Crippen molar-refractivity contribution < 1.29 is 9.21 Å². The average Bonchev–Trinajstić information content (AvgIpc) is 2.84. The molecule has 0 unspecified atom stereocenters. The molecule has 2 aromatic heterocycles. The Bertz CT molecular complexity index is 901. The van der Waals surface area contributed by atoms with Crippen molar-refractivity contribution in [2.24, 2.45) is 0 Å². The van der Waals surface area contributed by atoms with Crippen molar-refractivity contribution >= 4 is 49.1 Å². The zero-order chi connectivity index (χ0) is 15.0. The second-order valence-electron chi connectivity index (χ2n) is 4.38. The van der Waals surface area contributed by atoms with Crippen LogP contribution >= 0.6 is 27.3 Å². The van der Waals surface area contributed by atoms with Gasteiger partial charge in [-0.25, -0.2) is 9.78 Å². The van der Waals surface area contributed by atoms with E-state index in [2.05, 4.69) is 26.2 Å². The van der Waals surface area contributed by atoms with Gasteiger partial charge in [-0.1, -0.05) is 22.0 Å². The Morgan fingerprint density at radius 1 is 1.38 bits per heavy atom. The van der Waals surface area contributed by atoms with Gasteiger partial charge in [-0.3, -0.25) is 10.1 Å². The summed E-state index contributed by atoms with van der Waals surface area (Å²) >= 11 is 4.61. The van der Waals surface area contributed by atoms with Crippen molar-refractivity contribution in [1.82, 2.24) is 4.98 Å². The molecule has 1 amide bonds. The van der Waals surface area contributed by atoms with Crippen LogP contribution in [-0.2, 0) is 0 Å². The normalized spacial score (nSPS) is 10.8. The lowest BCUT2D eigenvalue weighted by Crippen LogP contribution is -2.14. The number of amides is 1. The van der Waals surface area contributed by atoms with Gasteiger partial charge in [0.25, 0.3) is 5.91 Å². The molecule has 0 spiro atoms. The molecule has 0 bridgehead atoms. The van der Waals surface area contributed by atoms with Crippen LogP contribution in [-0.4, -0.2) is 10.9 Å². The predicted molar refractivity (Wildman–Crippen MR) is 85.0 cm³/mol. The summed E-state index contributed by atoms with van der Waals surface area (Å²) in [7, 11) is 0. The summed E-state index contributed by atoms with van der Waals surface area (Å²) in [4.78, 5) is 28.2. The highest BCUT2D eigenvalue weighted by Crippen LogP contribution is 2.19. The first-order valence-corrected chi connectivity index (χ1v) is 7.67. The van der Waals surface area contributed by atoms with E-state index in [4.69, 9.17) is 4.42 Å². The maximum absolute atomic E-state index is 12.1. The lowest BCUT2D eigenvalue weighted by molar-refractivity contribution is 0.0993. The third-order valence-corrected chi connectivity index (χ3v) is 4.16. The number of aryl methyl sites for hydroxylation is 1. The topological polar surface area (TPSA) is 72.2 Å². The Hall–Kier alpha value is -1.99. The highest BCUT2D eigenvalue weighted by Gasteiger charge is 2.14. The number of aromatic nitrogens is 1. The molecule has 3 rings (SSSR count). The predicted octanol–water partition coefficient (Wildman–Crippen LogP) is 3.57. The third-order valence-electron chi connectivity index (χ3n) is 2.79. The van der Waals surface area contributed by atoms with Crippen LogP contribution in [0.15, 0.2) is 43.3 Å². The minimum Gasteiger partial charge on any atom is -0.417 e. The highest BCUT2D eigenvalue weighted by atomic mass is 79.9. The summed E-state index contributed by atoms with van der Waals surface area (Å²) < 4.78 is 5.85. The van der Waals surface area contributed by atoms with Crippen LogP contribution in [0.5, 0.6) is 0 Å². The summed E-state index contributed by atoms with van der Waals surface area (Å²) in [6.45, 7) is 1.83. The molecule has 0 atom stereocenters. The van der Waals surface area contributed by atoms with E-state index in [0.29, 0.717) is 15.9 Å². The van der Waals surface area contributed by atoms with E-state index in [1.807, 2.05) is 12.3 Å². The Morgan fingerprint density at radius 3 is 2.90 bits per heavy atom. The number of anilines is 1. The number of nitrogens with zero attached hydrogens (tertiary/aromatic N) is 1. The second-order valence-corrected chi connectivity index (χ2v) is 6.15. The molecular weight excluding hydrogens is 356 g/mol. The molecule has 1 N–H and O–H groups in total. The number of hydrogen-bond donors (Lipinski definition) is 1. The first-order valence-electron chi connectivity index (χ1n) is 6.00. The quantitative estimate of drug-likeness (QED) is 0.754.